The van der Waals surface area contributed by atoms with Crippen molar-refractivity contribution in [2.45, 2.75) is 30.5 Å². The van der Waals surface area contributed by atoms with Gasteiger partial charge in [-0.25, -0.2) is 15.0 Å². The molecule has 3 rings (SSSR count). The SMILES string of the molecule is CN(C)c1ncnc2c1ncn2[C@@H]1O[C@H](CO)C(NC(=O)[C@@H](N)CN=[N+]=[N-])[C@@H]1O. The van der Waals surface area contributed by atoms with Crippen molar-refractivity contribution in [1.82, 2.24) is 24.8 Å². The number of ether oxygens (including phenoxy) is 1. The molecule has 1 aliphatic rings. The highest BCUT2D eigenvalue weighted by atomic mass is 16.5. The number of nitrogens with two attached hydrogens (primary N) is 1. The summed E-state index contributed by atoms with van der Waals surface area (Å²) in [5.74, 6) is -0.0503. The second kappa shape index (κ2) is 8.55. The number of amides is 1. The number of nitrogens with zero attached hydrogens (tertiary/aromatic N) is 8. The highest BCUT2D eigenvalue weighted by molar-refractivity contribution is 5.83. The van der Waals surface area contributed by atoms with E-state index in [1.165, 1.54) is 17.2 Å². The molecule has 1 fully saturated rings. The number of carbonyl (C=O) groups excluding carboxylic acids is 1. The third-order valence-corrected chi connectivity index (χ3v) is 4.58. The van der Waals surface area contributed by atoms with Crippen molar-refractivity contribution in [2.24, 2.45) is 10.8 Å². The fourth-order valence-electron chi connectivity index (χ4n) is 3.14. The van der Waals surface area contributed by atoms with Gasteiger partial charge >= 0.3 is 0 Å². The lowest BCUT2D eigenvalue weighted by molar-refractivity contribution is -0.123. The molecule has 0 spiro atoms. The van der Waals surface area contributed by atoms with E-state index < -0.39 is 43.0 Å². The smallest absolute Gasteiger partial charge is 0.237 e. The van der Waals surface area contributed by atoms with Gasteiger partial charge < -0.3 is 30.9 Å². The first-order valence-corrected chi connectivity index (χ1v) is 8.75. The minimum atomic E-state index is -1.22. The first-order chi connectivity index (χ1) is 13.9. The Labute approximate surface area is 164 Å². The van der Waals surface area contributed by atoms with E-state index >= 15 is 0 Å². The molecule has 156 valence electrons. The van der Waals surface area contributed by atoms with Crippen LogP contribution in [0.2, 0.25) is 0 Å². The van der Waals surface area contributed by atoms with Crippen molar-refractivity contribution in [1.29, 1.82) is 0 Å². The maximum Gasteiger partial charge on any atom is 0.237 e. The van der Waals surface area contributed by atoms with Gasteiger partial charge in [-0.2, -0.15) is 0 Å². The first-order valence-electron chi connectivity index (χ1n) is 8.75. The minimum absolute atomic E-state index is 0.240. The third kappa shape index (κ3) is 3.92. The number of rotatable bonds is 7. The van der Waals surface area contributed by atoms with Gasteiger partial charge in [-0.1, -0.05) is 5.11 Å². The van der Waals surface area contributed by atoms with Crippen LogP contribution in [0.25, 0.3) is 21.6 Å². The van der Waals surface area contributed by atoms with E-state index in [0.717, 1.165) is 0 Å². The van der Waals surface area contributed by atoms with Crippen molar-refractivity contribution in [3.05, 3.63) is 23.1 Å². The Kier molecular flexibility index (Phi) is 6.10. The molecule has 14 nitrogen and oxygen atoms in total. The predicted octanol–water partition coefficient (Wildman–Crippen LogP) is -1.73. The van der Waals surface area contributed by atoms with Crippen molar-refractivity contribution in [2.75, 3.05) is 32.1 Å². The highest BCUT2D eigenvalue weighted by Gasteiger charge is 2.46. The van der Waals surface area contributed by atoms with Crippen LogP contribution in [0.3, 0.4) is 0 Å². The van der Waals surface area contributed by atoms with E-state index in [-0.39, 0.29) is 6.54 Å². The van der Waals surface area contributed by atoms with Gasteiger partial charge in [-0.15, -0.1) is 0 Å². The molecule has 1 aliphatic heterocycles. The monoisotopic (exact) mass is 406 g/mol. The average Bonchev–Trinajstić information content (AvgIpc) is 3.27. The summed E-state index contributed by atoms with van der Waals surface area (Å²) in [6.07, 6.45) is -0.252. The molecule has 2 aromatic heterocycles. The number of fused-ring (bicyclic) bond motifs is 1. The number of azide groups is 1. The molecule has 5 atom stereocenters. The van der Waals surface area contributed by atoms with E-state index in [9.17, 15) is 15.0 Å². The van der Waals surface area contributed by atoms with Crippen LogP contribution in [0, 0.1) is 0 Å². The lowest BCUT2D eigenvalue weighted by Crippen LogP contribution is -2.53. The summed E-state index contributed by atoms with van der Waals surface area (Å²) in [6.45, 7) is -0.690. The van der Waals surface area contributed by atoms with Gasteiger partial charge in [0.05, 0.1) is 25.0 Å². The number of hydrogen-bond donors (Lipinski definition) is 4. The Bertz CT molecular complexity index is 927. The molecule has 0 aromatic carbocycles. The Morgan fingerprint density at radius 2 is 2.28 bits per heavy atom. The molecule has 1 saturated heterocycles. The number of carbonyl (C=O) groups is 1. The number of nitrogens with one attached hydrogen (secondary N) is 1. The fraction of sp³-hybridized carbons (Fsp3) is 0.600. The van der Waals surface area contributed by atoms with E-state index in [4.69, 9.17) is 16.0 Å². The molecule has 29 heavy (non-hydrogen) atoms. The van der Waals surface area contributed by atoms with Crippen molar-refractivity contribution in [3.63, 3.8) is 0 Å². The maximum atomic E-state index is 12.2. The maximum absolute atomic E-state index is 12.2. The van der Waals surface area contributed by atoms with E-state index in [1.807, 2.05) is 14.1 Å². The second-order valence-corrected chi connectivity index (χ2v) is 6.71. The second-order valence-electron chi connectivity index (χ2n) is 6.71. The lowest BCUT2D eigenvalue weighted by Gasteiger charge is -2.22. The van der Waals surface area contributed by atoms with Gasteiger partial charge in [-0.05, 0) is 5.53 Å². The Morgan fingerprint density at radius 3 is 2.93 bits per heavy atom. The van der Waals surface area contributed by atoms with Crippen LogP contribution in [0.5, 0.6) is 0 Å². The van der Waals surface area contributed by atoms with Gasteiger partial charge in [0.25, 0.3) is 0 Å². The number of aliphatic hydroxyl groups excluding tert-OH is 2. The molecule has 5 N–H and O–H groups in total. The van der Waals surface area contributed by atoms with E-state index in [0.29, 0.717) is 17.0 Å². The number of hydrogen-bond acceptors (Lipinski definition) is 10. The fourth-order valence-corrected chi connectivity index (χ4v) is 3.14. The number of imidazole rings is 1. The van der Waals surface area contributed by atoms with Crippen LogP contribution in [0.15, 0.2) is 17.8 Å². The van der Waals surface area contributed by atoms with Gasteiger partial charge in [0, 0.05) is 25.6 Å². The van der Waals surface area contributed by atoms with Crippen LogP contribution in [0.4, 0.5) is 5.82 Å². The first kappa shape index (κ1) is 20.7. The zero-order valence-electron chi connectivity index (χ0n) is 15.8. The van der Waals surface area contributed by atoms with Crippen LogP contribution in [-0.2, 0) is 9.53 Å². The molecule has 0 aliphatic carbocycles. The summed E-state index contributed by atoms with van der Waals surface area (Å²) in [7, 11) is 3.63. The summed E-state index contributed by atoms with van der Waals surface area (Å²) in [5.41, 5.74) is 14.9. The van der Waals surface area contributed by atoms with Gasteiger partial charge in [0.15, 0.2) is 23.2 Å². The van der Waals surface area contributed by atoms with E-state index in [2.05, 4.69) is 30.3 Å². The molecule has 2 aromatic rings. The van der Waals surface area contributed by atoms with Crippen LogP contribution < -0.4 is 16.0 Å². The molecule has 1 unspecified atom stereocenters. The summed E-state index contributed by atoms with van der Waals surface area (Å²) in [6, 6.07) is -2.04. The summed E-state index contributed by atoms with van der Waals surface area (Å²) in [4.78, 5) is 29.3. The molecule has 0 radical (unpaired) electrons. The molecule has 14 heteroatoms. The minimum Gasteiger partial charge on any atom is -0.394 e. The van der Waals surface area contributed by atoms with Crippen LogP contribution in [-0.4, -0.2) is 87.2 Å². The normalized spacial score (nSPS) is 24.9. The van der Waals surface area contributed by atoms with Gasteiger partial charge in [0.2, 0.25) is 5.91 Å². The van der Waals surface area contributed by atoms with Crippen molar-refractivity contribution in [3.8, 4) is 0 Å². The zero-order valence-corrected chi connectivity index (χ0v) is 15.8. The average molecular weight is 406 g/mol. The number of anilines is 1. The Morgan fingerprint density at radius 1 is 1.52 bits per heavy atom. The zero-order chi connectivity index (χ0) is 21.1. The molecular formula is C15H22N10O4. The van der Waals surface area contributed by atoms with Gasteiger partial charge in [0.1, 0.15) is 18.5 Å². The number of aromatic nitrogens is 4. The van der Waals surface area contributed by atoms with E-state index in [1.54, 1.807) is 4.90 Å². The predicted molar refractivity (Wildman–Crippen MR) is 101 cm³/mol. The molecule has 3 heterocycles. The quantitative estimate of drug-likeness (QED) is 0.234. The van der Waals surface area contributed by atoms with Crippen LogP contribution in [0.1, 0.15) is 6.23 Å². The highest BCUT2D eigenvalue weighted by Crippen LogP contribution is 2.32. The molecule has 0 saturated carbocycles. The summed E-state index contributed by atoms with van der Waals surface area (Å²) >= 11 is 0. The number of aliphatic hydroxyl groups is 2. The molecular weight excluding hydrogens is 384 g/mol. The van der Waals surface area contributed by atoms with Gasteiger partial charge in [-0.3, -0.25) is 9.36 Å². The van der Waals surface area contributed by atoms with Crippen molar-refractivity contribution >= 4 is 22.9 Å². The largest absolute Gasteiger partial charge is 0.394 e. The Balaban J connectivity index is 1.85. The third-order valence-electron chi connectivity index (χ3n) is 4.58. The standard InChI is InChI=1S/C15H22N10O4/c1-24(2)12-10-13(19-5-18-12)25(6-20-10)15-11(27)9(8(4-26)29-15)22-14(28)7(16)3-21-23-17/h5-9,11,15,26-27H,3-4,16H2,1-2H3,(H,22,28)/t7-,8+,9?,11-,15+/m0/s1. The lowest BCUT2D eigenvalue weighted by atomic mass is 10.1. The molecule has 1 amide bonds. The summed E-state index contributed by atoms with van der Waals surface area (Å²) in [5, 5.41) is 26.3. The van der Waals surface area contributed by atoms with Crippen LogP contribution >= 0.6 is 0 Å². The topological polar surface area (TPSA) is 200 Å². The van der Waals surface area contributed by atoms with Crippen molar-refractivity contribution < 1.29 is 19.7 Å². The summed E-state index contributed by atoms with van der Waals surface area (Å²) < 4.78 is 7.28. The molecule has 0 bridgehead atoms. The Hall–Kier alpha value is -3.03.